The van der Waals surface area contributed by atoms with Crippen LogP contribution >= 0.6 is 23.4 Å². The van der Waals surface area contributed by atoms with E-state index in [1.807, 2.05) is 6.26 Å². The SMILES string of the molecule is CSc1ccc(Cl)[n+]([O-])n1. The van der Waals surface area contributed by atoms with Crippen molar-refractivity contribution in [3.05, 3.63) is 22.5 Å². The molecule has 0 bridgehead atoms. The fraction of sp³-hybridized carbons (Fsp3) is 0.200. The predicted molar refractivity (Wildman–Crippen MR) is 40.0 cm³/mol. The summed E-state index contributed by atoms with van der Waals surface area (Å²) in [6.07, 6.45) is 1.84. The molecule has 0 aliphatic heterocycles. The van der Waals surface area contributed by atoms with E-state index in [1.165, 1.54) is 17.8 Å². The molecule has 0 saturated carbocycles. The molecule has 5 heteroatoms. The van der Waals surface area contributed by atoms with Crippen LogP contribution in [0.4, 0.5) is 0 Å². The average Bonchev–Trinajstić information content (AvgIpc) is 1.95. The minimum atomic E-state index is 0.0952. The van der Waals surface area contributed by atoms with E-state index in [0.29, 0.717) is 9.87 Å². The van der Waals surface area contributed by atoms with E-state index in [4.69, 9.17) is 11.6 Å². The average molecular weight is 177 g/mol. The van der Waals surface area contributed by atoms with Crippen LogP contribution in [0.2, 0.25) is 5.15 Å². The first-order valence-corrected chi connectivity index (χ1v) is 4.14. The molecule has 1 aromatic heterocycles. The molecule has 0 aromatic carbocycles. The third kappa shape index (κ3) is 1.52. The predicted octanol–water partition coefficient (Wildman–Crippen LogP) is 1.09. The lowest BCUT2D eigenvalue weighted by atomic mass is 10.6. The number of halogens is 1. The van der Waals surface area contributed by atoms with Crippen molar-refractivity contribution in [3.63, 3.8) is 0 Å². The number of aromatic nitrogens is 2. The zero-order chi connectivity index (χ0) is 7.56. The summed E-state index contributed by atoms with van der Waals surface area (Å²) in [6, 6.07) is 3.22. The van der Waals surface area contributed by atoms with Crippen molar-refractivity contribution >= 4 is 23.4 Å². The Morgan fingerprint density at radius 2 is 2.40 bits per heavy atom. The van der Waals surface area contributed by atoms with Gasteiger partial charge in [0.1, 0.15) is 0 Å². The molecule has 54 valence electrons. The Labute approximate surface area is 67.6 Å². The maximum absolute atomic E-state index is 10.7. The minimum Gasteiger partial charge on any atom is -0.593 e. The Bertz CT molecular complexity index is 243. The summed E-state index contributed by atoms with van der Waals surface area (Å²) in [4.78, 5) is 0.396. The molecule has 0 saturated heterocycles. The topological polar surface area (TPSA) is 39.8 Å². The molecular weight excluding hydrogens is 172 g/mol. The summed E-state index contributed by atoms with van der Waals surface area (Å²) in [7, 11) is 0. The van der Waals surface area contributed by atoms with Crippen molar-refractivity contribution in [1.82, 2.24) is 5.10 Å². The fourth-order valence-corrected chi connectivity index (χ4v) is 0.944. The lowest BCUT2D eigenvalue weighted by Crippen LogP contribution is -2.32. The first kappa shape index (κ1) is 7.63. The first-order chi connectivity index (χ1) is 4.74. The number of hydrogen-bond donors (Lipinski definition) is 0. The van der Waals surface area contributed by atoms with E-state index in [9.17, 15) is 5.21 Å². The molecule has 0 spiro atoms. The maximum Gasteiger partial charge on any atom is 0.313 e. The zero-order valence-corrected chi connectivity index (χ0v) is 6.82. The normalized spacial score (nSPS) is 9.80. The van der Waals surface area contributed by atoms with Crippen molar-refractivity contribution in [2.24, 2.45) is 0 Å². The Hall–Kier alpha value is -0.480. The Balaban J connectivity index is 3.04. The molecule has 1 rings (SSSR count). The van der Waals surface area contributed by atoms with Crippen molar-refractivity contribution in [3.8, 4) is 0 Å². The van der Waals surface area contributed by atoms with Gasteiger partial charge in [-0.2, -0.15) is 0 Å². The molecule has 0 N–H and O–H groups in total. The van der Waals surface area contributed by atoms with Gasteiger partial charge in [-0.1, -0.05) is 0 Å². The van der Waals surface area contributed by atoms with Crippen molar-refractivity contribution in [2.75, 3.05) is 6.26 Å². The van der Waals surface area contributed by atoms with E-state index >= 15 is 0 Å². The molecule has 3 nitrogen and oxygen atoms in total. The molecule has 1 aromatic rings. The first-order valence-electron chi connectivity index (χ1n) is 2.54. The van der Waals surface area contributed by atoms with Gasteiger partial charge in [0.25, 0.3) is 0 Å². The summed E-state index contributed by atoms with van der Waals surface area (Å²) in [5.74, 6) is 0. The van der Waals surface area contributed by atoms with Crippen LogP contribution < -0.4 is 4.85 Å². The van der Waals surface area contributed by atoms with E-state index in [2.05, 4.69) is 5.10 Å². The highest BCUT2D eigenvalue weighted by molar-refractivity contribution is 7.98. The molecule has 0 aliphatic carbocycles. The van der Waals surface area contributed by atoms with Crippen LogP contribution in [0.1, 0.15) is 0 Å². The summed E-state index contributed by atoms with van der Waals surface area (Å²) in [5, 5.41) is 15.0. The van der Waals surface area contributed by atoms with Crippen molar-refractivity contribution in [2.45, 2.75) is 5.03 Å². The molecule has 10 heavy (non-hydrogen) atoms. The Morgan fingerprint density at radius 1 is 1.70 bits per heavy atom. The highest BCUT2D eigenvalue weighted by Crippen LogP contribution is 2.09. The lowest BCUT2D eigenvalue weighted by molar-refractivity contribution is -0.670. The van der Waals surface area contributed by atoms with Gasteiger partial charge >= 0.3 is 5.15 Å². The van der Waals surface area contributed by atoms with Gasteiger partial charge in [-0.05, 0) is 28.8 Å². The summed E-state index contributed by atoms with van der Waals surface area (Å²) in [6.45, 7) is 0. The fourth-order valence-electron chi connectivity index (χ4n) is 0.483. The monoisotopic (exact) mass is 176 g/mol. The quantitative estimate of drug-likeness (QED) is 0.365. The number of hydrogen-bond acceptors (Lipinski definition) is 3. The van der Waals surface area contributed by atoms with Gasteiger partial charge < -0.3 is 5.21 Å². The van der Waals surface area contributed by atoms with Gasteiger partial charge in [0.2, 0.25) is 0 Å². The smallest absolute Gasteiger partial charge is 0.313 e. The molecule has 0 fully saturated rings. The lowest BCUT2D eigenvalue weighted by Gasteiger charge is -1.95. The largest absolute Gasteiger partial charge is 0.593 e. The number of thioether (sulfide) groups is 1. The second-order valence-electron chi connectivity index (χ2n) is 1.57. The number of nitrogens with zero attached hydrogens (tertiary/aromatic N) is 2. The molecule has 0 unspecified atom stereocenters. The molecular formula is C5H5ClN2OS. The van der Waals surface area contributed by atoms with Gasteiger partial charge in [0.15, 0.2) is 5.03 Å². The van der Waals surface area contributed by atoms with Crippen molar-refractivity contribution in [1.29, 1.82) is 0 Å². The highest BCUT2D eigenvalue weighted by Gasteiger charge is 2.02. The molecule has 0 atom stereocenters. The van der Waals surface area contributed by atoms with Crippen LogP contribution in [-0.4, -0.2) is 11.4 Å². The summed E-state index contributed by atoms with van der Waals surface area (Å²) in [5.41, 5.74) is 0. The van der Waals surface area contributed by atoms with Crippen LogP contribution in [0.25, 0.3) is 0 Å². The van der Waals surface area contributed by atoms with Crippen molar-refractivity contribution < 1.29 is 4.85 Å². The van der Waals surface area contributed by atoms with Crippen LogP contribution in [0.5, 0.6) is 0 Å². The van der Waals surface area contributed by atoms with E-state index in [0.717, 1.165) is 0 Å². The molecule has 0 aliphatic rings. The molecule has 0 radical (unpaired) electrons. The van der Waals surface area contributed by atoms with Crippen LogP contribution in [0.3, 0.4) is 0 Å². The second kappa shape index (κ2) is 3.07. The van der Waals surface area contributed by atoms with Gasteiger partial charge in [-0.15, -0.1) is 11.8 Å². The summed E-state index contributed by atoms with van der Waals surface area (Å²) >= 11 is 6.82. The van der Waals surface area contributed by atoms with E-state index in [-0.39, 0.29) is 5.15 Å². The standard InChI is InChI=1S/C5H5ClN2OS/c1-10-5-3-2-4(6)8(9)7-5/h2-3H,1H3. The second-order valence-corrected chi connectivity index (χ2v) is 2.79. The Morgan fingerprint density at radius 3 is 2.90 bits per heavy atom. The third-order valence-electron chi connectivity index (χ3n) is 0.945. The molecule has 0 amide bonds. The highest BCUT2D eigenvalue weighted by atomic mass is 35.5. The number of rotatable bonds is 1. The van der Waals surface area contributed by atoms with Gasteiger partial charge in [-0.25, -0.2) is 0 Å². The maximum atomic E-state index is 10.7. The Kier molecular flexibility index (Phi) is 2.34. The zero-order valence-electron chi connectivity index (χ0n) is 5.24. The third-order valence-corrected chi connectivity index (χ3v) is 1.85. The van der Waals surface area contributed by atoms with Gasteiger partial charge in [0, 0.05) is 11.2 Å². The van der Waals surface area contributed by atoms with Crippen LogP contribution in [-0.2, 0) is 0 Å². The molecule has 1 heterocycles. The van der Waals surface area contributed by atoms with Crippen LogP contribution in [0, 0.1) is 5.21 Å². The minimum absolute atomic E-state index is 0.0952. The van der Waals surface area contributed by atoms with E-state index in [1.54, 1.807) is 6.07 Å². The van der Waals surface area contributed by atoms with Crippen LogP contribution in [0.15, 0.2) is 17.2 Å². The van der Waals surface area contributed by atoms with Gasteiger partial charge in [0.05, 0.1) is 0 Å². The van der Waals surface area contributed by atoms with Gasteiger partial charge in [-0.3, -0.25) is 0 Å². The van der Waals surface area contributed by atoms with E-state index < -0.39 is 0 Å². The summed E-state index contributed by atoms with van der Waals surface area (Å²) < 4.78 is 0.